The van der Waals surface area contributed by atoms with Crippen molar-refractivity contribution in [3.05, 3.63) is 59.9 Å². The van der Waals surface area contributed by atoms with Crippen molar-refractivity contribution in [3.8, 4) is 0 Å². The van der Waals surface area contributed by atoms with Gasteiger partial charge >= 0.3 is 0 Å². The van der Waals surface area contributed by atoms with Gasteiger partial charge < -0.3 is 10.6 Å². The largest absolute Gasteiger partial charge is 0.385 e. The lowest BCUT2D eigenvalue weighted by atomic mass is 10.0. The van der Waals surface area contributed by atoms with E-state index in [2.05, 4.69) is 36.6 Å². The first-order valence-electron chi connectivity index (χ1n) is 7.44. The SMILES string of the molecule is CC(C)c1ccc(NCCC(=O)Nc2cccc(F)c2)cc1. The Morgan fingerprint density at radius 2 is 1.82 bits per heavy atom. The number of benzene rings is 2. The van der Waals surface area contributed by atoms with Crippen LogP contribution < -0.4 is 10.6 Å². The van der Waals surface area contributed by atoms with Gasteiger partial charge in [0.25, 0.3) is 0 Å². The molecule has 1 amide bonds. The van der Waals surface area contributed by atoms with Crippen molar-refractivity contribution in [1.29, 1.82) is 0 Å². The lowest BCUT2D eigenvalue weighted by Crippen LogP contribution is -2.16. The molecule has 0 saturated heterocycles. The molecule has 3 nitrogen and oxygen atoms in total. The van der Waals surface area contributed by atoms with E-state index < -0.39 is 0 Å². The molecule has 0 heterocycles. The highest BCUT2D eigenvalue weighted by atomic mass is 19.1. The molecule has 0 atom stereocenters. The molecule has 2 aromatic rings. The van der Waals surface area contributed by atoms with Crippen LogP contribution in [0, 0.1) is 5.82 Å². The van der Waals surface area contributed by atoms with E-state index in [-0.39, 0.29) is 11.7 Å². The van der Waals surface area contributed by atoms with E-state index in [0.717, 1.165) is 5.69 Å². The lowest BCUT2D eigenvalue weighted by Gasteiger charge is -2.09. The van der Waals surface area contributed by atoms with Crippen molar-refractivity contribution in [2.75, 3.05) is 17.2 Å². The zero-order valence-corrected chi connectivity index (χ0v) is 12.9. The standard InChI is InChI=1S/C18H21FN2O/c1-13(2)14-6-8-16(9-7-14)20-11-10-18(22)21-17-5-3-4-15(19)12-17/h3-9,12-13,20H,10-11H2,1-2H3,(H,21,22). The van der Waals surface area contributed by atoms with Gasteiger partial charge in [-0.05, 0) is 41.8 Å². The number of rotatable bonds is 6. The van der Waals surface area contributed by atoms with Crippen molar-refractivity contribution >= 4 is 17.3 Å². The number of anilines is 2. The van der Waals surface area contributed by atoms with Crippen LogP contribution in [-0.4, -0.2) is 12.5 Å². The number of carbonyl (C=O) groups excluding carboxylic acids is 1. The van der Waals surface area contributed by atoms with E-state index in [0.29, 0.717) is 24.6 Å². The summed E-state index contributed by atoms with van der Waals surface area (Å²) in [4.78, 5) is 11.8. The molecule has 116 valence electrons. The van der Waals surface area contributed by atoms with Gasteiger partial charge in [-0.3, -0.25) is 4.79 Å². The van der Waals surface area contributed by atoms with Gasteiger partial charge in [0, 0.05) is 24.3 Å². The molecule has 4 heteroatoms. The zero-order valence-electron chi connectivity index (χ0n) is 12.9. The molecule has 0 unspecified atom stereocenters. The molecule has 0 saturated carbocycles. The van der Waals surface area contributed by atoms with Crippen molar-refractivity contribution in [2.45, 2.75) is 26.2 Å². The van der Waals surface area contributed by atoms with Gasteiger partial charge in [-0.1, -0.05) is 32.0 Å². The maximum absolute atomic E-state index is 13.0. The Hall–Kier alpha value is -2.36. The van der Waals surface area contributed by atoms with Gasteiger partial charge in [-0.15, -0.1) is 0 Å². The van der Waals surface area contributed by atoms with Crippen LogP contribution in [0.4, 0.5) is 15.8 Å². The minimum atomic E-state index is -0.360. The molecule has 2 rings (SSSR count). The Morgan fingerprint density at radius 3 is 2.45 bits per heavy atom. The van der Waals surface area contributed by atoms with Crippen LogP contribution in [0.2, 0.25) is 0 Å². The fourth-order valence-corrected chi connectivity index (χ4v) is 2.10. The molecule has 0 aliphatic heterocycles. The van der Waals surface area contributed by atoms with Crippen molar-refractivity contribution in [1.82, 2.24) is 0 Å². The van der Waals surface area contributed by atoms with Gasteiger partial charge in [-0.25, -0.2) is 4.39 Å². The molecule has 0 aliphatic carbocycles. The number of hydrogen-bond donors (Lipinski definition) is 2. The summed E-state index contributed by atoms with van der Waals surface area (Å²) in [5.41, 5.74) is 2.75. The number of hydrogen-bond acceptors (Lipinski definition) is 2. The molecular formula is C18H21FN2O. The average molecular weight is 300 g/mol. The molecular weight excluding hydrogens is 279 g/mol. The highest BCUT2D eigenvalue weighted by molar-refractivity contribution is 5.90. The molecule has 0 spiro atoms. The summed E-state index contributed by atoms with van der Waals surface area (Å²) < 4.78 is 13.0. The predicted molar refractivity (Wildman–Crippen MR) is 88.7 cm³/mol. The molecule has 0 bridgehead atoms. The molecule has 0 aromatic heterocycles. The second-order valence-corrected chi connectivity index (χ2v) is 5.51. The van der Waals surface area contributed by atoms with Gasteiger partial charge in [0.2, 0.25) is 5.91 Å². The predicted octanol–water partition coefficient (Wildman–Crippen LogP) is 4.39. The van der Waals surface area contributed by atoms with Crippen LogP contribution >= 0.6 is 0 Å². The topological polar surface area (TPSA) is 41.1 Å². The summed E-state index contributed by atoms with van der Waals surface area (Å²) in [5.74, 6) is 0.00386. The normalized spacial score (nSPS) is 10.5. The second-order valence-electron chi connectivity index (χ2n) is 5.51. The van der Waals surface area contributed by atoms with E-state index in [1.807, 2.05) is 12.1 Å². The monoisotopic (exact) mass is 300 g/mol. The quantitative estimate of drug-likeness (QED) is 0.830. The number of nitrogens with one attached hydrogen (secondary N) is 2. The summed E-state index contributed by atoms with van der Waals surface area (Å²) in [6.07, 6.45) is 0.322. The summed E-state index contributed by atoms with van der Waals surface area (Å²) in [6.45, 7) is 4.83. The number of halogens is 1. The third-order valence-electron chi connectivity index (χ3n) is 3.37. The Balaban J connectivity index is 1.77. The highest BCUT2D eigenvalue weighted by Crippen LogP contribution is 2.17. The summed E-state index contributed by atoms with van der Waals surface area (Å²) in [6, 6.07) is 14.1. The smallest absolute Gasteiger partial charge is 0.226 e. The Morgan fingerprint density at radius 1 is 1.09 bits per heavy atom. The Labute approximate surface area is 130 Å². The summed E-state index contributed by atoms with van der Waals surface area (Å²) in [5, 5.41) is 5.88. The third-order valence-corrected chi connectivity index (χ3v) is 3.37. The van der Waals surface area contributed by atoms with Crippen LogP contribution in [0.25, 0.3) is 0 Å². The molecule has 22 heavy (non-hydrogen) atoms. The van der Waals surface area contributed by atoms with Crippen LogP contribution in [0.15, 0.2) is 48.5 Å². The average Bonchev–Trinajstić information content (AvgIpc) is 2.47. The van der Waals surface area contributed by atoms with Crippen molar-refractivity contribution in [2.24, 2.45) is 0 Å². The van der Waals surface area contributed by atoms with Crippen molar-refractivity contribution in [3.63, 3.8) is 0 Å². The zero-order chi connectivity index (χ0) is 15.9. The van der Waals surface area contributed by atoms with Crippen LogP contribution in [0.5, 0.6) is 0 Å². The third kappa shape index (κ3) is 4.88. The summed E-state index contributed by atoms with van der Waals surface area (Å²) in [7, 11) is 0. The highest BCUT2D eigenvalue weighted by Gasteiger charge is 2.03. The first-order chi connectivity index (χ1) is 10.5. The minimum Gasteiger partial charge on any atom is -0.385 e. The van der Waals surface area contributed by atoms with Gasteiger partial charge in [0.1, 0.15) is 5.82 Å². The van der Waals surface area contributed by atoms with Gasteiger partial charge in [-0.2, -0.15) is 0 Å². The first-order valence-corrected chi connectivity index (χ1v) is 7.44. The molecule has 2 N–H and O–H groups in total. The Kier molecular flexibility index (Phi) is 5.53. The van der Waals surface area contributed by atoms with E-state index in [4.69, 9.17) is 0 Å². The van der Waals surface area contributed by atoms with Gasteiger partial charge in [0.15, 0.2) is 0 Å². The van der Waals surface area contributed by atoms with E-state index in [1.165, 1.54) is 17.7 Å². The van der Waals surface area contributed by atoms with Crippen LogP contribution in [0.1, 0.15) is 31.7 Å². The maximum atomic E-state index is 13.0. The summed E-state index contributed by atoms with van der Waals surface area (Å²) >= 11 is 0. The molecule has 0 fully saturated rings. The van der Waals surface area contributed by atoms with E-state index in [1.54, 1.807) is 12.1 Å². The second kappa shape index (κ2) is 7.59. The molecule has 0 aliphatic rings. The Bertz CT molecular complexity index is 623. The molecule has 2 aromatic carbocycles. The van der Waals surface area contributed by atoms with Crippen LogP contribution in [0.3, 0.4) is 0 Å². The van der Waals surface area contributed by atoms with Crippen LogP contribution in [-0.2, 0) is 4.79 Å². The number of amides is 1. The van der Waals surface area contributed by atoms with E-state index >= 15 is 0 Å². The maximum Gasteiger partial charge on any atom is 0.226 e. The first kappa shape index (κ1) is 16.0. The fourth-order valence-electron chi connectivity index (χ4n) is 2.10. The lowest BCUT2D eigenvalue weighted by molar-refractivity contribution is -0.115. The minimum absolute atomic E-state index is 0.142. The van der Waals surface area contributed by atoms with E-state index in [9.17, 15) is 9.18 Å². The van der Waals surface area contributed by atoms with Crippen molar-refractivity contribution < 1.29 is 9.18 Å². The number of carbonyl (C=O) groups is 1. The van der Waals surface area contributed by atoms with Gasteiger partial charge in [0.05, 0.1) is 0 Å². The fraction of sp³-hybridized carbons (Fsp3) is 0.278. The molecule has 0 radical (unpaired) electrons.